The number of rotatable bonds is 10. The highest BCUT2D eigenvalue weighted by molar-refractivity contribution is 5.71. The van der Waals surface area contributed by atoms with E-state index in [1.165, 1.54) is 10.6 Å². The molecule has 0 unspecified atom stereocenters. The fourth-order valence-corrected chi connectivity index (χ4v) is 3.48. The average molecular weight is 453 g/mol. The van der Waals surface area contributed by atoms with Gasteiger partial charge in [-0.15, -0.1) is 5.10 Å². The molecule has 1 aromatic carbocycles. The van der Waals surface area contributed by atoms with Gasteiger partial charge in [-0.25, -0.2) is 4.79 Å². The molecule has 0 aliphatic rings. The van der Waals surface area contributed by atoms with Crippen LogP contribution in [-0.2, 0) is 26.7 Å². The molecule has 3 rings (SSSR count). The van der Waals surface area contributed by atoms with Gasteiger partial charge in [0.1, 0.15) is 12.3 Å². The van der Waals surface area contributed by atoms with E-state index in [-0.39, 0.29) is 18.8 Å². The van der Waals surface area contributed by atoms with Crippen LogP contribution in [0.4, 0.5) is 5.69 Å². The Balaban J connectivity index is 1.99. The number of benzene rings is 1. The van der Waals surface area contributed by atoms with Crippen LogP contribution in [0.5, 0.6) is 5.88 Å². The Kier molecular flexibility index (Phi) is 7.60. The Morgan fingerprint density at radius 1 is 1.06 bits per heavy atom. The van der Waals surface area contributed by atoms with Gasteiger partial charge in [-0.2, -0.15) is 0 Å². The molecule has 0 fully saturated rings. The number of hydrogen-bond donors (Lipinski definition) is 0. The highest BCUT2D eigenvalue weighted by Crippen LogP contribution is 2.19. The third-order valence-corrected chi connectivity index (χ3v) is 5.06. The van der Waals surface area contributed by atoms with E-state index in [0.29, 0.717) is 31.0 Å². The molecule has 0 aliphatic heterocycles. The number of aromatic nitrogens is 4. The monoisotopic (exact) mass is 453 g/mol. The van der Waals surface area contributed by atoms with Crippen LogP contribution in [0.1, 0.15) is 43.6 Å². The van der Waals surface area contributed by atoms with Gasteiger partial charge in [-0.1, -0.05) is 44.2 Å². The molecule has 2 heterocycles. The largest absolute Gasteiger partial charge is 0.472 e. The zero-order chi connectivity index (χ0) is 24.0. The van der Waals surface area contributed by atoms with Gasteiger partial charge in [-0.3, -0.25) is 28.7 Å². The van der Waals surface area contributed by atoms with Crippen molar-refractivity contribution in [1.82, 2.24) is 18.9 Å². The standard InChI is InChI=1S/C23H27N5O5/c1-4-13-26-19(21(28(31)32)22(29)27(14-5-2)23(26)30)12-11-18-15-20(24-25(18)3)33-16-17-9-7-6-8-10-17/h6-12,15H,4-5,13-14,16H2,1-3H3/b12-11+. The van der Waals surface area contributed by atoms with Crippen molar-refractivity contribution in [2.45, 2.75) is 46.4 Å². The van der Waals surface area contributed by atoms with E-state index < -0.39 is 21.9 Å². The van der Waals surface area contributed by atoms with E-state index in [2.05, 4.69) is 5.10 Å². The zero-order valence-corrected chi connectivity index (χ0v) is 18.9. The lowest BCUT2D eigenvalue weighted by Crippen LogP contribution is -2.42. The van der Waals surface area contributed by atoms with Gasteiger partial charge in [0.05, 0.1) is 10.6 Å². The number of hydrogen-bond acceptors (Lipinski definition) is 6. The van der Waals surface area contributed by atoms with Crippen LogP contribution < -0.4 is 16.0 Å². The minimum atomic E-state index is -0.893. The van der Waals surface area contributed by atoms with E-state index >= 15 is 0 Å². The SMILES string of the molecule is CCCn1c(/C=C/c2cc(OCc3ccccc3)nn2C)c([N+](=O)[O-])c(=O)n(CCC)c1=O. The quantitative estimate of drug-likeness (QED) is 0.344. The molecule has 0 aliphatic carbocycles. The molecule has 0 amide bonds. The van der Waals surface area contributed by atoms with Crippen molar-refractivity contribution in [2.24, 2.45) is 7.05 Å². The van der Waals surface area contributed by atoms with E-state index in [9.17, 15) is 19.7 Å². The third-order valence-electron chi connectivity index (χ3n) is 5.06. The first-order chi connectivity index (χ1) is 15.9. The Morgan fingerprint density at radius 3 is 2.36 bits per heavy atom. The second-order valence-electron chi connectivity index (χ2n) is 7.52. The minimum Gasteiger partial charge on any atom is -0.472 e. The summed E-state index contributed by atoms with van der Waals surface area (Å²) in [7, 11) is 1.71. The van der Waals surface area contributed by atoms with Crippen LogP contribution in [-0.4, -0.2) is 23.8 Å². The molecule has 0 saturated carbocycles. The summed E-state index contributed by atoms with van der Waals surface area (Å²) in [6.07, 6.45) is 4.09. The third kappa shape index (κ3) is 5.28. The highest BCUT2D eigenvalue weighted by atomic mass is 16.6. The average Bonchev–Trinajstić information content (AvgIpc) is 3.15. The molecule has 10 nitrogen and oxygen atoms in total. The van der Waals surface area contributed by atoms with Gasteiger partial charge < -0.3 is 4.74 Å². The highest BCUT2D eigenvalue weighted by Gasteiger charge is 2.26. The summed E-state index contributed by atoms with van der Waals surface area (Å²) in [6, 6.07) is 11.3. The second-order valence-corrected chi connectivity index (χ2v) is 7.52. The van der Waals surface area contributed by atoms with Crippen LogP contribution in [0, 0.1) is 10.1 Å². The summed E-state index contributed by atoms with van der Waals surface area (Å²) < 4.78 is 9.51. The molecule has 33 heavy (non-hydrogen) atoms. The molecular weight excluding hydrogens is 426 g/mol. The molecule has 2 aromatic heterocycles. The van der Waals surface area contributed by atoms with Gasteiger partial charge in [0, 0.05) is 26.2 Å². The van der Waals surface area contributed by atoms with Gasteiger partial charge in [0.25, 0.3) is 0 Å². The molecule has 0 bridgehead atoms. The lowest BCUT2D eigenvalue weighted by Gasteiger charge is -2.12. The number of nitro groups is 1. The van der Waals surface area contributed by atoms with Crippen LogP contribution >= 0.6 is 0 Å². The van der Waals surface area contributed by atoms with Crippen LogP contribution in [0.2, 0.25) is 0 Å². The summed E-state index contributed by atoms with van der Waals surface area (Å²) in [5.41, 5.74) is -0.498. The first-order valence-corrected chi connectivity index (χ1v) is 10.8. The van der Waals surface area contributed by atoms with Crippen molar-refractivity contribution < 1.29 is 9.66 Å². The van der Waals surface area contributed by atoms with Gasteiger partial charge in [0.15, 0.2) is 0 Å². The van der Waals surface area contributed by atoms with Crippen molar-refractivity contribution in [3.05, 3.63) is 84.3 Å². The minimum absolute atomic E-state index is 0.0304. The first-order valence-electron chi connectivity index (χ1n) is 10.8. The summed E-state index contributed by atoms with van der Waals surface area (Å²) in [6.45, 7) is 4.38. The van der Waals surface area contributed by atoms with Crippen molar-refractivity contribution in [3.8, 4) is 5.88 Å². The molecule has 3 aromatic rings. The maximum absolute atomic E-state index is 12.9. The van der Waals surface area contributed by atoms with E-state index in [1.54, 1.807) is 30.8 Å². The van der Waals surface area contributed by atoms with Crippen LogP contribution in [0.25, 0.3) is 12.2 Å². The predicted octanol–water partition coefficient (Wildman–Crippen LogP) is 3.22. The maximum atomic E-state index is 12.9. The molecule has 10 heteroatoms. The molecule has 0 atom stereocenters. The topological polar surface area (TPSA) is 114 Å². The fraction of sp³-hybridized carbons (Fsp3) is 0.348. The molecule has 0 N–H and O–H groups in total. The summed E-state index contributed by atoms with van der Waals surface area (Å²) in [5, 5.41) is 16.1. The van der Waals surface area contributed by atoms with Gasteiger partial charge >= 0.3 is 16.9 Å². The Morgan fingerprint density at radius 2 is 1.73 bits per heavy atom. The van der Waals surface area contributed by atoms with E-state index in [0.717, 1.165) is 10.1 Å². The lowest BCUT2D eigenvalue weighted by molar-refractivity contribution is -0.387. The molecule has 0 radical (unpaired) electrons. The number of aryl methyl sites for hydroxylation is 1. The predicted molar refractivity (Wildman–Crippen MR) is 125 cm³/mol. The normalized spacial score (nSPS) is 11.2. The molecule has 0 saturated heterocycles. The molecule has 174 valence electrons. The van der Waals surface area contributed by atoms with Crippen molar-refractivity contribution in [2.75, 3.05) is 0 Å². The van der Waals surface area contributed by atoms with Crippen molar-refractivity contribution >= 4 is 17.8 Å². The zero-order valence-electron chi connectivity index (χ0n) is 18.9. The van der Waals surface area contributed by atoms with Crippen LogP contribution in [0.15, 0.2) is 46.0 Å². The molecule has 0 spiro atoms. The number of nitrogens with zero attached hydrogens (tertiary/aromatic N) is 5. The van der Waals surface area contributed by atoms with Gasteiger partial charge in [0.2, 0.25) is 5.88 Å². The Hall–Kier alpha value is -3.95. The number of ether oxygens (including phenoxy) is 1. The molecular formula is C23H27N5O5. The summed E-state index contributed by atoms with van der Waals surface area (Å²) >= 11 is 0. The Labute approximate surface area is 190 Å². The van der Waals surface area contributed by atoms with E-state index in [4.69, 9.17) is 4.74 Å². The van der Waals surface area contributed by atoms with Crippen molar-refractivity contribution in [3.63, 3.8) is 0 Å². The fourth-order valence-electron chi connectivity index (χ4n) is 3.48. The first kappa shape index (κ1) is 23.7. The lowest BCUT2D eigenvalue weighted by atomic mass is 10.2. The summed E-state index contributed by atoms with van der Waals surface area (Å²) in [4.78, 5) is 36.7. The smallest absolute Gasteiger partial charge is 0.357 e. The van der Waals surface area contributed by atoms with Crippen LogP contribution in [0.3, 0.4) is 0 Å². The second kappa shape index (κ2) is 10.6. The Bertz CT molecular complexity index is 1270. The van der Waals surface area contributed by atoms with Gasteiger partial charge in [-0.05, 0) is 30.6 Å². The summed E-state index contributed by atoms with van der Waals surface area (Å²) in [5.74, 6) is 0.389. The van der Waals surface area contributed by atoms with E-state index in [1.807, 2.05) is 37.3 Å². The van der Waals surface area contributed by atoms with Crippen molar-refractivity contribution in [1.29, 1.82) is 0 Å². The maximum Gasteiger partial charge on any atom is 0.357 e.